The van der Waals surface area contributed by atoms with Gasteiger partial charge in [-0.25, -0.2) is 4.39 Å². The Hall–Kier alpha value is -2.40. The van der Waals surface area contributed by atoms with Gasteiger partial charge >= 0.3 is 0 Å². The van der Waals surface area contributed by atoms with Crippen molar-refractivity contribution in [2.45, 2.75) is 19.1 Å². The average Bonchev–Trinajstić information content (AvgIpc) is 3.18. The van der Waals surface area contributed by atoms with Gasteiger partial charge in [0.1, 0.15) is 17.7 Å². The van der Waals surface area contributed by atoms with Gasteiger partial charge < -0.3 is 4.74 Å². The van der Waals surface area contributed by atoms with Crippen LogP contribution in [0.25, 0.3) is 10.9 Å². The van der Waals surface area contributed by atoms with Gasteiger partial charge in [-0.05, 0) is 42.3 Å². The van der Waals surface area contributed by atoms with Crippen molar-refractivity contribution in [3.8, 4) is 5.75 Å². The number of nitrogens with one attached hydrogen (secondary N) is 1. The third-order valence-electron chi connectivity index (χ3n) is 4.26. The van der Waals surface area contributed by atoms with Gasteiger partial charge in [0.25, 0.3) is 0 Å². The lowest BCUT2D eigenvalue weighted by Gasteiger charge is -2.17. The fourth-order valence-corrected chi connectivity index (χ4v) is 3.07. The van der Waals surface area contributed by atoms with E-state index in [0.29, 0.717) is 0 Å². The number of hydrogen-bond donors (Lipinski definition) is 1. The lowest BCUT2D eigenvalue weighted by atomic mass is 10.2. The molecule has 1 N–H and O–H groups in total. The molecule has 0 aliphatic carbocycles. The number of ether oxygens (including phenoxy) is 1. The SMILES string of the molecule is Fc1ccc(CN2CC[C@H](Oc3ccc4[nH]ncc4c3)C2)cc1. The Morgan fingerprint density at radius 1 is 1.22 bits per heavy atom. The number of likely N-dealkylation sites (tertiary alicyclic amines) is 1. The lowest BCUT2D eigenvalue weighted by molar-refractivity contribution is 0.198. The standard InChI is InChI=1S/C18H18FN3O/c19-15-3-1-13(2-4-15)11-22-8-7-17(12-22)23-16-5-6-18-14(9-16)10-20-21-18/h1-6,9-10,17H,7-8,11-12H2,(H,20,21)/t17-/m0/s1. The van der Waals surface area contributed by atoms with Gasteiger partial charge in [-0.2, -0.15) is 5.10 Å². The fourth-order valence-electron chi connectivity index (χ4n) is 3.07. The zero-order valence-electron chi connectivity index (χ0n) is 12.7. The molecule has 2 aromatic carbocycles. The maximum Gasteiger partial charge on any atom is 0.123 e. The first kappa shape index (κ1) is 14.2. The summed E-state index contributed by atoms with van der Waals surface area (Å²) in [5, 5.41) is 8.02. The third-order valence-corrected chi connectivity index (χ3v) is 4.26. The van der Waals surface area contributed by atoms with Gasteiger partial charge in [-0.3, -0.25) is 10.00 Å². The molecule has 5 heteroatoms. The van der Waals surface area contributed by atoms with Gasteiger partial charge in [-0.15, -0.1) is 0 Å². The molecule has 0 radical (unpaired) electrons. The molecule has 0 bridgehead atoms. The molecule has 0 saturated carbocycles. The number of aromatic nitrogens is 2. The maximum absolute atomic E-state index is 13.0. The quantitative estimate of drug-likeness (QED) is 0.803. The minimum Gasteiger partial charge on any atom is -0.489 e. The second-order valence-corrected chi connectivity index (χ2v) is 6.01. The summed E-state index contributed by atoms with van der Waals surface area (Å²) in [6.45, 7) is 2.72. The zero-order chi connectivity index (χ0) is 15.6. The van der Waals surface area contributed by atoms with Crippen LogP contribution in [0.3, 0.4) is 0 Å². The minimum atomic E-state index is -0.189. The monoisotopic (exact) mass is 311 g/mol. The predicted octanol–water partition coefficient (Wildman–Crippen LogP) is 3.36. The Balaban J connectivity index is 1.37. The number of halogens is 1. The first-order valence-electron chi connectivity index (χ1n) is 7.83. The van der Waals surface area contributed by atoms with Crippen molar-refractivity contribution in [3.05, 3.63) is 60.0 Å². The molecule has 118 valence electrons. The fraction of sp³-hybridized carbons (Fsp3) is 0.278. The molecular formula is C18H18FN3O. The number of fused-ring (bicyclic) bond motifs is 1. The molecule has 23 heavy (non-hydrogen) atoms. The molecule has 0 amide bonds. The van der Waals surface area contributed by atoms with Gasteiger partial charge in [0.2, 0.25) is 0 Å². The highest BCUT2D eigenvalue weighted by molar-refractivity contribution is 5.79. The molecule has 1 atom stereocenters. The van der Waals surface area contributed by atoms with E-state index in [9.17, 15) is 4.39 Å². The molecule has 0 spiro atoms. The highest BCUT2D eigenvalue weighted by Gasteiger charge is 2.24. The highest BCUT2D eigenvalue weighted by atomic mass is 19.1. The average molecular weight is 311 g/mol. The van der Waals surface area contributed by atoms with Gasteiger partial charge in [0, 0.05) is 25.0 Å². The smallest absolute Gasteiger partial charge is 0.123 e. The normalized spacial score (nSPS) is 18.6. The van der Waals surface area contributed by atoms with E-state index in [1.165, 1.54) is 12.1 Å². The summed E-state index contributed by atoms with van der Waals surface area (Å²) in [5.74, 6) is 0.693. The van der Waals surface area contributed by atoms with Crippen molar-refractivity contribution >= 4 is 10.9 Å². The van der Waals surface area contributed by atoms with Crippen LogP contribution < -0.4 is 4.74 Å². The molecule has 4 rings (SSSR count). The molecule has 2 heterocycles. The van der Waals surface area contributed by atoms with E-state index in [1.54, 1.807) is 6.20 Å². The second kappa shape index (κ2) is 6.01. The van der Waals surface area contributed by atoms with E-state index in [0.717, 1.165) is 48.3 Å². The number of nitrogens with zero attached hydrogens (tertiary/aromatic N) is 2. The molecule has 4 nitrogen and oxygen atoms in total. The van der Waals surface area contributed by atoms with Gasteiger partial charge in [0.15, 0.2) is 0 Å². The Labute approximate surface area is 133 Å². The number of benzene rings is 2. The summed E-state index contributed by atoms with van der Waals surface area (Å²) in [6, 6.07) is 12.7. The first-order valence-corrected chi connectivity index (χ1v) is 7.83. The number of hydrogen-bond acceptors (Lipinski definition) is 3. The van der Waals surface area contributed by atoms with Crippen molar-refractivity contribution in [1.82, 2.24) is 15.1 Å². The summed E-state index contributed by atoms with van der Waals surface area (Å²) in [4.78, 5) is 2.34. The Kier molecular flexibility index (Phi) is 3.71. The molecule has 1 fully saturated rings. The highest BCUT2D eigenvalue weighted by Crippen LogP contribution is 2.23. The summed E-state index contributed by atoms with van der Waals surface area (Å²) in [7, 11) is 0. The van der Waals surface area contributed by atoms with Gasteiger partial charge in [-0.1, -0.05) is 12.1 Å². The van der Waals surface area contributed by atoms with Crippen molar-refractivity contribution in [2.24, 2.45) is 0 Å². The van der Waals surface area contributed by atoms with Crippen LogP contribution in [0.4, 0.5) is 4.39 Å². The van der Waals surface area contributed by atoms with Crippen LogP contribution in [0.5, 0.6) is 5.75 Å². The van der Waals surface area contributed by atoms with Crippen LogP contribution >= 0.6 is 0 Å². The zero-order valence-corrected chi connectivity index (χ0v) is 12.7. The van der Waals surface area contributed by atoms with E-state index in [4.69, 9.17) is 4.74 Å². The van der Waals surface area contributed by atoms with E-state index in [2.05, 4.69) is 15.1 Å². The number of H-pyrrole nitrogens is 1. The second-order valence-electron chi connectivity index (χ2n) is 6.01. The molecule has 1 aromatic heterocycles. The first-order chi connectivity index (χ1) is 11.3. The van der Waals surface area contributed by atoms with Gasteiger partial charge in [0.05, 0.1) is 11.7 Å². The van der Waals surface area contributed by atoms with Crippen LogP contribution in [0.2, 0.25) is 0 Å². The largest absolute Gasteiger partial charge is 0.489 e. The predicted molar refractivity (Wildman–Crippen MR) is 86.8 cm³/mol. The number of rotatable bonds is 4. The van der Waals surface area contributed by atoms with E-state index < -0.39 is 0 Å². The Morgan fingerprint density at radius 3 is 2.96 bits per heavy atom. The van der Waals surface area contributed by atoms with E-state index in [-0.39, 0.29) is 11.9 Å². The van der Waals surface area contributed by atoms with Crippen LogP contribution in [-0.2, 0) is 6.54 Å². The van der Waals surface area contributed by atoms with Crippen molar-refractivity contribution in [1.29, 1.82) is 0 Å². The van der Waals surface area contributed by atoms with Crippen LogP contribution in [0, 0.1) is 5.82 Å². The van der Waals surface area contributed by atoms with Crippen LogP contribution in [-0.4, -0.2) is 34.3 Å². The third kappa shape index (κ3) is 3.19. The lowest BCUT2D eigenvalue weighted by Crippen LogP contribution is -2.24. The van der Waals surface area contributed by atoms with Crippen LogP contribution in [0.1, 0.15) is 12.0 Å². The van der Waals surface area contributed by atoms with E-state index in [1.807, 2.05) is 30.3 Å². The Bertz CT molecular complexity index is 799. The molecule has 1 aliphatic rings. The molecule has 0 unspecified atom stereocenters. The molecule has 3 aromatic rings. The van der Waals surface area contributed by atoms with Crippen LogP contribution in [0.15, 0.2) is 48.7 Å². The minimum absolute atomic E-state index is 0.189. The molecule has 1 aliphatic heterocycles. The van der Waals surface area contributed by atoms with Crippen molar-refractivity contribution < 1.29 is 9.13 Å². The van der Waals surface area contributed by atoms with Crippen molar-refractivity contribution in [2.75, 3.05) is 13.1 Å². The topological polar surface area (TPSA) is 41.1 Å². The van der Waals surface area contributed by atoms with E-state index >= 15 is 0 Å². The number of aromatic amines is 1. The molecular weight excluding hydrogens is 293 g/mol. The summed E-state index contributed by atoms with van der Waals surface area (Å²) >= 11 is 0. The summed E-state index contributed by atoms with van der Waals surface area (Å²) in [6.07, 6.45) is 3.00. The summed E-state index contributed by atoms with van der Waals surface area (Å²) in [5.41, 5.74) is 2.15. The summed E-state index contributed by atoms with van der Waals surface area (Å²) < 4.78 is 19.0. The maximum atomic E-state index is 13.0. The van der Waals surface area contributed by atoms with Crippen molar-refractivity contribution in [3.63, 3.8) is 0 Å². The Morgan fingerprint density at radius 2 is 2.09 bits per heavy atom. The molecule has 1 saturated heterocycles.